The van der Waals surface area contributed by atoms with E-state index >= 15 is 0 Å². The summed E-state index contributed by atoms with van der Waals surface area (Å²) in [6.07, 6.45) is 0. The highest BCUT2D eigenvalue weighted by molar-refractivity contribution is 6.15. The first kappa shape index (κ1) is 22.1. The van der Waals surface area contributed by atoms with Crippen LogP contribution in [0.2, 0.25) is 0 Å². The molecular weight excluding hydrogens is 460 g/mol. The van der Waals surface area contributed by atoms with E-state index in [4.69, 9.17) is 0 Å². The molecule has 7 aromatic rings. The molecule has 38 heavy (non-hydrogen) atoms. The number of hydrogen-bond donors (Lipinski definition) is 1. The molecule has 0 radical (unpaired) electrons. The Morgan fingerprint density at radius 2 is 1.00 bits per heavy atom. The third-order valence-electron chi connectivity index (χ3n) is 7.18. The van der Waals surface area contributed by atoms with Gasteiger partial charge in [0.15, 0.2) is 0 Å². The van der Waals surface area contributed by atoms with Gasteiger partial charge in [0, 0.05) is 27.8 Å². The Labute approximate surface area is 222 Å². The number of rotatable bonds is 5. The maximum Gasteiger partial charge on any atom is 0.0562 e. The van der Waals surface area contributed by atoms with Crippen molar-refractivity contribution >= 4 is 33.2 Å². The van der Waals surface area contributed by atoms with Gasteiger partial charge >= 0.3 is 0 Å². The van der Waals surface area contributed by atoms with Crippen LogP contribution >= 0.6 is 0 Å². The highest BCUT2D eigenvalue weighted by atomic mass is 15.0. The number of para-hydroxylation sites is 1. The second-order valence-electron chi connectivity index (χ2n) is 9.54. The lowest BCUT2D eigenvalue weighted by molar-refractivity contribution is 1.18. The summed E-state index contributed by atoms with van der Waals surface area (Å²) < 4.78 is 2.38. The Kier molecular flexibility index (Phi) is 5.49. The van der Waals surface area contributed by atoms with Crippen molar-refractivity contribution in [2.75, 3.05) is 5.32 Å². The molecule has 0 fully saturated rings. The van der Waals surface area contributed by atoms with Crippen molar-refractivity contribution in [1.82, 2.24) is 4.57 Å². The molecule has 0 atom stereocenters. The molecule has 1 N–H and O–H groups in total. The molecular formula is C36H26N2. The molecule has 1 heterocycles. The predicted octanol–water partition coefficient (Wildman–Crippen LogP) is 9.86. The molecule has 6 aromatic carbocycles. The van der Waals surface area contributed by atoms with Crippen LogP contribution in [-0.4, -0.2) is 4.57 Å². The topological polar surface area (TPSA) is 17.0 Å². The van der Waals surface area contributed by atoms with Gasteiger partial charge < -0.3 is 9.88 Å². The third kappa shape index (κ3) is 3.93. The van der Waals surface area contributed by atoms with Gasteiger partial charge in [0.05, 0.1) is 11.0 Å². The molecule has 0 aliphatic heterocycles. The summed E-state index contributed by atoms with van der Waals surface area (Å²) in [5.74, 6) is 0. The van der Waals surface area contributed by atoms with Crippen molar-refractivity contribution in [3.05, 3.63) is 152 Å². The van der Waals surface area contributed by atoms with Crippen LogP contribution in [0.15, 0.2) is 152 Å². The second kappa shape index (κ2) is 9.42. The van der Waals surface area contributed by atoms with Crippen LogP contribution in [0, 0.1) is 0 Å². The zero-order valence-corrected chi connectivity index (χ0v) is 20.9. The fraction of sp³-hybridized carbons (Fsp3) is 0. The predicted molar refractivity (Wildman–Crippen MR) is 161 cm³/mol. The van der Waals surface area contributed by atoms with Crippen LogP contribution in [0.25, 0.3) is 49.7 Å². The number of anilines is 2. The largest absolute Gasteiger partial charge is 0.355 e. The van der Waals surface area contributed by atoms with E-state index in [9.17, 15) is 0 Å². The highest BCUT2D eigenvalue weighted by Gasteiger charge is 2.15. The molecule has 0 bridgehead atoms. The van der Waals surface area contributed by atoms with Gasteiger partial charge in [-0.2, -0.15) is 0 Å². The number of aromatic nitrogens is 1. The van der Waals surface area contributed by atoms with Crippen molar-refractivity contribution in [2.24, 2.45) is 0 Å². The van der Waals surface area contributed by atoms with E-state index in [1.165, 1.54) is 44.1 Å². The smallest absolute Gasteiger partial charge is 0.0562 e. The fourth-order valence-electron chi connectivity index (χ4n) is 5.39. The number of fused-ring (bicyclic) bond motifs is 3. The van der Waals surface area contributed by atoms with Crippen molar-refractivity contribution in [2.45, 2.75) is 0 Å². The molecule has 2 nitrogen and oxygen atoms in total. The van der Waals surface area contributed by atoms with E-state index in [0.717, 1.165) is 17.1 Å². The fourth-order valence-corrected chi connectivity index (χ4v) is 5.39. The number of nitrogens with one attached hydrogen (secondary N) is 1. The van der Waals surface area contributed by atoms with Gasteiger partial charge in [-0.25, -0.2) is 0 Å². The van der Waals surface area contributed by atoms with E-state index in [1.54, 1.807) is 0 Å². The normalized spacial score (nSPS) is 11.2. The van der Waals surface area contributed by atoms with Gasteiger partial charge in [0.25, 0.3) is 0 Å². The van der Waals surface area contributed by atoms with Crippen molar-refractivity contribution < 1.29 is 0 Å². The van der Waals surface area contributed by atoms with Crippen LogP contribution in [0.4, 0.5) is 11.4 Å². The SMILES string of the molecule is c1ccc(-c2ccc(Nc3cccc4c3c3ccccc3n4-c3cccc(-c4ccccc4)c3)cc2)cc1. The molecule has 0 saturated carbocycles. The molecule has 0 amide bonds. The van der Waals surface area contributed by atoms with Crippen molar-refractivity contribution in [1.29, 1.82) is 0 Å². The van der Waals surface area contributed by atoms with Crippen LogP contribution in [0.3, 0.4) is 0 Å². The molecule has 0 saturated heterocycles. The monoisotopic (exact) mass is 486 g/mol. The number of benzene rings is 6. The Balaban J connectivity index is 1.34. The number of hydrogen-bond acceptors (Lipinski definition) is 1. The molecule has 7 rings (SSSR count). The summed E-state index contributed by atoms with van der Waals surface area (Å²) in [4.78, 5) is 0. The van der Waals surface area contributed by atoms with E-state index in [2.05, 4.69) is 162 Å². The first-order chi connectivity index (χ1) is 18.8. The van der Waals surface area contributed by atoms with Crippen LogP contribution in [0.1, 0.15) is 0 Å². The van der Waals surface area contributed by atoms with Gasteiger partial charge in [0.1, 0.15) is 0 Å². The van der Waals surface area contributed by atoms with Crippen molar-refractivity contribution in [3.63, 3.8) is 0 Å². The quantitative estimate of drug-likeness (QED) is 0.256. The van der Waals surface area contributed by atoms with Crippen molar-refractivity contribution in [3.8, 4) is 27.9 Å². The summed E-state index contributed by atoms with van der Waals surface area (Å²) in [6, 6.07) is 53.7. The van der Waals surface area contributed by atoms with E-state index in [0.29, 0.717) is 0 Å². The van der Waals surface area contributed by atoms with E-state index in [1.807, 2.05) is 0 Å². The van der Waals surface area contributed by atoms with Crippen LogP contribution in [0.5, 0.6) is 0 Å². The minimum atomic E-state index is 1.07. The Morgan fingerprint density at radius 3 is 1.76 bits per heavy atom. The Bertz CT molecular complexity index is 1860. The van der Waals surface area contributed by atoms with Crippen LogP contribution in [-0.2, 0) is 0 Å². The Hall–Kier alpha value is -5.08. The summed E-state index contributed by atoms with van der Waals surface area (Å²) in [7, 11) is 0. The highest BCUT2D eigenvalue weighted by Crippen LogP contribution is 2.38. The van der Waals surface area contributed by atoms with Gasteiger partial charge in [-0.05, 0) is 64.7 Å². The minimum absolute atomic E-state index is 1.07. The average molecular weight is 487 g/mol. The lowest BCUT2D eigenvalue weighted by Gasteiger charge is -2.12. The summed E-state index contributed by atoms with van der Waals surface area (Å²) in [6.45, 7) is 0. The second-order valence-corrected chi connectivity index (χ2v) is 9.54. The van der Waals surface area contributed by atoms with Gasteiger partial charge in [-0.15, -0.1) is 0 Å². The molecule has 1 aromatic heterocycles. The average Bonchev–Trinajstić information content (AvgIpc) is 3.34. The standard InChI is InChI=1S/C36H26N2/c1-3-11-26(12-4-1)28-21-23-30(24-22-28)37-33-18-10-20-35-36(33)32-17-7-8-19-34(32)38(35)31-16-9-15-29(25-31)27-13-5-2-6-14-27/h1-25,37H. The summed E-state index contributed by atoms with van der Waals surface area (Å²) >= 11 is 0. The molecule has 0 aliphatic rings. The summed E-state index contributed by atoms with van der Waals surface area (Å²) in [5.41, 5.74) is 10.6. The zero-order valence-electron chi connectivity index (χ0n) is 20.9. The maximum atomic E-state index is 3.71. The summed E-state index contributed by atoms with van der Waals surface area (Å²) in [5, 5.41) is 6.16. The zero-order chi connectivity index (χ0) is 25.3. The molecule has 0 spiro atoms. The molecule has 180 valence electrons. The lowest BCUT2D eigenvalue weighted by atomic mass is 10.1. The van der Waals surface area contributed by atoms with E-state index in [-0.39, 0.29) is 0 Å². The van der Waals surface area contributed by atoms with Gasteiger partial charge in [0.2, 0.25) is 0 Å². The first-order valence-electron chi connectivity index (χ1n) is 13.0. The third-order valence-corrected chi connectivity index (χ3v) is 7.18. The lowest BCUT2D eigenvalue weighted by Crippen LogP contribution is -1.95. The molecule has 0 unspecified atom stereocenters. The van der Waals surface area contributed by atoms with Gasteiger partial charge in [-0.3, -0.25) is 0 Å². The Morgan fingerprint density at radius 1 is 0.421 bits per heavy atom. The molecule has 2 heteroatoms. The minimum Gasteiger partial charge on any atom is -0.355 e. The number of nitrogens with zero attached hydrogens (tertiary/aromatic N) is 1. The van der Waals surface area contributed by atoms with E-state index < -0.39 is 0 Å². The molecule has 0 aliphatic carbocycles. The van der Waals surface area contributed by atoms with Gasteiger partial charge in [-0.1, -0.05) is 109 Å². The van der Waals surface area contributed by atoms with Crippen LogP contribution < -0.4 is 5.32 Å². The maximum absolute atomic E-state index is 3.71. The first-order valence-corrected chi connectivity index (χ1v) is 13.0.